The molecule has 3 aromatic heterocycles. The number of nitrogens with one attached hydrogen (secondary N) is 2. The van der Waals surface area contributed by atoms with Crippen LogP contribution >= 0.6 is 11.6 Å². The van der Waals surface area contributed by atoms with Crippen molar-refractivity contribution in [2.24, 2.45) is 13.0 Å². The van der Waals surface area contributed by atoms with E-state index in [1.807, 2.05) is 0 Å². The molecule has 0 unspecified atom stereocenters. The standard InChI is InChI=1S/C35H32ClF7N8O4S/c1-49(8-9-52)25-7-5-19(20-4-6-23(36)28-30(20)50(2)47-33(28)48-56(3,54)55)29(45-25)24(12-16-10-17(37)13-18(38)11-16)44-26(53)15-51-32-27(31(46-51)35(41,42)43)21-14-22(21)34(32,39)40/h4-7,10-11,13,21-22,24,52H,8-9,12,14-15H2,1-3H3,(H,44,53)(H,47,48)/t21-,22+,24-/m0/s1. The lowest BCUT2D eigenvalue weighted by Gasteiger charge is -2.25. The largest absolute Gasteiger partial charge is 0.435 e. The highest BCUT2D eigenvalue weighted by Gasteiger charge is 2.68. The number of alkyl halides is 5. The Morgan fingerprint density at radius 1 is 1.11 bits per heavy atom. The molecule has 0 radical (unpaired) electrons. The van der Waals surface area contributed by atoms with E-state index in [1.165, 1.54) is 17.8 Å². The molecule has 1 fully saturated rings. The lowest BCUT2D eigenvalue weighted by molar-refractivity contribution is -0.142. The number of hydrogen-bond acceptors (Lipinski definition) is 8. The lowest BCUT2D eigenvalue weighted by atomic mass is 9.94. The topological polar surface area (TPSA) is 147 Å². The minimum atomic E-state index is -5.07. The monoisotopic (exact) mass is 828 g/mol. The molecule has 3 heterocycles. The van der Waals surface area contributed by atoms with Crippen LogP contribution in [0.1, 0.15) is 46.6 Å². The zero-order valence-corrected chi connectivity index (χ0v) is 31.2. The Labute approximate surface area is 319 Å². The highest BCUT2D eigenvalue weighted by Crippen LogP contribution is 2.68. The molecule has 3 atom stereocenters. The summed E-state index contributed by atoms with van der Waals surface area (Å²) in [5.41, 5.74) is -2.19. The van der Waals surface area contributed by atoms with Crippen molar-refractivity contribution in [1.29, 1.82) is 0 Å². The first-order chi connectivity index (χ1) is 26.2. The number of aliphatic hydroxyl groups is 1. The second-order valence-corrected chi connectivity index (χ2v) is 16.0. The van der Waals surface area contributed by atoms with Crippen LogP contribution in [0.25, 0.3) is 22.0 Å². The summed E-state index contributed by atoms with van der Waals surface area (Å²) >= 11 is 6.56. The van der Waals surface area contributed by atoms with Crippen molar-refractivity contribution in [3.05, 3.63) is 87.3 Å². The second kappa shape index (κ2) is 13.9. The van der Waals surface area contributed by atoms with Gasteiger partial charge >= 0.3 is 6.18 Å². The van der Waals surface area contributed by atoms with E-state index in [2.05, 4.69) is 20.2 Å². The van der Waals surface area contributed by atoms with Crippen molar-refractivity contribution in [1.82, 2.24) is 29.9 Å². The van der Waals surface area contributed by atoms with Crippen molar-refractivity contribution in [2.45, 2.75) is 43.4 Å². The van der Waals surface area contributed by atoms with Crippen molar-refractivity contribution in [2.75, 3.05) is 36.1 Å². The minimum absolute atomic E-state index is 0.0158. The summed E-state index contributed by atoms with van der Waals surface area (Å²) in [5, 5.41) is 20.3. The van der Waals surface area contributed by atoms with Crippen LogP contribution in [0.4, 0.5) is 42.4 Å². The second-order valence-electron chi connectivity index (χ2n) is 13.9. The summed E-state index contributed by atoms with van der Waals surface area (Å²) in [6, 6.07) is 7.44. The van der Waals surface area contributed by atoms with Crippen LogP contribution in [0.3, 0.4) is 0 Å². The third-order valence-electron chi connectivity index (χ3n) is 9.77. The quantitative estimate of drug-likeness (QED) is 0.132. The summed E-state index contributed by atoms with van der Waals surface area (Å²) in [4.78, 5) is 20.2. The van der Waals surface area contributed by atoms with Gasteiger partial charge in [-0.1, -0.05) is 17.7 Å². The zero-order valence-electron chi connectivity index (χ0n) is 29.6. The van der Waals surface area contributed by atoms with E-state index >= 15 is 8.78 Å². The van der Waals surface area contributed by atoms with Gasteiger partial charge in [-0.25, -0.2) is 22.2 Å². The molecule has 21 heteroatoms. The molecule has 2 aliphatic rings. The molecule has 0 bridgehead atoms. The summed E-state index contributed by atoms with van der Waals surface area (Å²) in [5.74, 6) is -8.92. The molecule has 56 heavy (non-hydrogen) atoms. The zero-order chi connectivity index (χ0) is 40.6. The average Bonchev–Trinajstić information content (AvgIpc) is 3.62. The molecular weight excluding hydrogens is 797 g/mol. The Morgan fingerprint density at radius 3 is 2.43 bits per heavy atom. The molecule has 12 nitrogen and oxygen atoms in total. The van der Waals surface area contributed by atoms with E-state index in [-0.39, 0.29) is 70.4 Å². The Morgan fingerprint density at radius 2 is 1.79 bits per heavy atom. The first-order valence-electron chi connectivity index (χ1n) is 16.9. The fourth-order valence-corrected chi connectivity index (χ4v) is 8.16. The van der Waals surface area contributed by atoms with Crippen LogP contribution in [0.2, 0.25) is 5.02 Å². The van der Waals surface area contributed by atoms with Crippen LogP contribution in [0.5, 0.6) is 0 Å². The molecule has 3 N–H and O–H groups in total. The Kier molecular flexibility index (Phi) is 9.76. The molecule has 0 aliphatic heterocycles. The number of sulfonamides is 1. The molecular formula is C35H32ClF7N8O4S. The molecule has 1 amide bonds. The maximum Gasteiger partial charge on any atom is 0.435 e. The number of halogens is 8. The number of benzene rings is 2. The summed E-state index contributed by atoms with van der Waals surface area (Å²) in [6.45, 7) is -1.27. The van der Waals surface area contributed by atoms with Gasteiger partial charge in [0.1, 0.15) is 29.7 Å². The predicted molar refractivity (Wildman–Crippen MR) is 191 cm³/mol. The van der Waals surface area contributed by atoms with Gasteiger partial charge in [0.15, 0.2) is 11.5 Å². The normalized spacial score (nSPS) is 17.8. The first-order valence-corrected chi connectivity index (χ1v) is 19.2. The third-order valence-corrected chi connectivity index (χ3v) is 10.6. The van der Waals surface area contributed by atoms with Crippen LogP contribution in [0, 0.1) is 17.6 Å². The molecule has 7 rings (SSSR count). The van der Waals surface area contributed by atoms with E-state index in [0.29, 0.717) is 16.3 Å². The molecule has 5 aromatic rings. The van der Waals surface area contributed by atoms with Gasteiger partial charge < -0.3 is 15.3 Å². The highest BCUT2D eigenvalue weighted by molar-refractivity contribution is 7.92. The molecule has 2 aromatic carbocycles. The number of rotatable bonds is 12. The number of hydrogen-bond donors (Lipinski definition) is 3. The molecule has 0 saturated heterocycles. The number of nitrogens with zero attached hydrogens (tertiary/aromatic N) is 6. The van der Waals surface area contributed by atoms with Crippen molar-refractivity contribution in [3.63, 3.8) is 0 Å². The summed E-state index contributed by atoms with van der Waals surface area (Å²) in [7, 11) is -0.726. The smallest absolute Gasteiger partial charge is 0.395 e. The minimum Gasteiger partial charge on any atom is -0.395 e. The fourth-order valence-electron chi connectivity index (χ4n) is 7.43. The number of pyridine rings is 1. The molecule has 298 valence electrons. The number of carbonyl (C=O) groups excluding carboxylic acids is 1. The van der Waals surface area contributed by atoms with Gasteiger partial charge in [-0.05, 0) is 54.7 Å². The number of anilines is 2. The average molecular weight is 829 g/mol. The van der Waals surface area contributed by atoms with E-state index in [9.17, 15) is 40.3 Å². The van der Waals surface area contributed by atoms with Crippen molar-refractivity contribution < 1.29 is 49.1 Å². The van der Waals surface area contributed by atoms with E-state index < -0.39 is 81.0 Å². The van der Waals surface area contributed by atoms with Gasteiger partial charge in [-0.15, -0.1) is 0 Å². The third kappa shape index (κ3) is 7.24. The van der Waals surface area contributed by atoms with Crippen LogP contribution in [-0.2, 0) is 46.9 Å². The number of fused-ring (bicyclic) bond motifs is 4. The Bertz CT molecular complexity index is 2490. The van der Waals surface area contributed by atoms with Gasteiger partial charge in [0.2, 0.25) is 15.9 Å². The number of carbonyl (C=O) groups is 1. The van der Waals surface area contributed by atoms with Crippen LogP contribution < -0.4 is 14.9 Å². The van der Waals surface area contributed by atoms with E-state index in [4.69, 9.17) is 16.6 Å². The van der Waals surface area contributed by atoms with E-state index in [1.54, 1.807) is 30.1 Å². The molecule has 0 spiro atoms. The number of likely N-dealkylation sites (N-methyl/N-ethyl adjacent to an activating group) is 1. The van der Waals surface area contributed by atoms with Crippen molar-refractivity contribution in [3.8, 4) is 11.1 Å². The van der Waals surface area contributed by atoms with Gasteiger partial charge in [0.25, 0.3) is 5.92 Å². The number of aryl methyl sites for hydroxylation is 1. The van der Waals surface area contributed by atoms with Crippen molar-refractivity contribution >= 4 is 50.1 Å². The van der Waals surface area contributed by atoms with Gasteiger partial charge in [-0.3, -0.25) is 18.9 Å². The summed E-state index contributed by atoms with van der Waals surface area (Å²) in [6.07, 6.45) is -4.68. The first kappa shape index (κ1) is 39.3. The fraction of sp³-hybridized carbons (Fsp3) is 0.371. The lowest BCUT2D eigenvalue weighted by Crippen LogP contribution is -2.35. The van der Waals surface area contributed by atoms with E-state index in [0.717, 1.165) is 18.4 Å². The SMILES string of the molecule is CN(CCO)c1ccc(-c2ccc(Cl)c3c(NS(C)(=O)=O)nn(C)c23)c([C@H](Cc2cc(F)cc(F)c2)NC(=O)Cn2nc(C(F)(F)F)c3c2C(F)(F)[C@@H]2C[C@H]32)n1. The summed E-state index contributed by atoms with van der Waals surface area (Å²) < 4.78 is 130. The predicted octanol–water partition coefficient (Wildman–Crippen LogP) is 5.89. The highest BCUT2D eigenvalue weighted by atomic mass is 35.5. The maximum atomic E-state index is 15.4. The van der Waals surface area contributed by atoms with Gasteiger partial charge in [0, 0.05) is 49.3 Å². The number of aromatic nitrogens is 5. The molecule has 1 saturated carbocycles. The maximum absolute atomic E-state index is 15.4. The molecule has 2 aliphatic carbocycles. The van der Waals surface area contributed by atoms with Gasteiger partial charge in [-0.2, -0.15) is 32.1 Å². The number of amides is 1. The Hall–Kier alpha value is -4.95. The van der Waals surface area contributed by atoms with Gasteiger partial charge in [0.05, 0.1) is 40.5 Å². The Balaban J connectivity index is 1.38. The number of aliphatic hydroxyl groups excluding tert-OH is 1. The van der Waals surface area contributed by atoms with Crippen LogP contribution in [0.15, 0.2) is 42.5 Å². The van der Waals surface area contributed by atoms with Crippen LogP contribution in [-0.4, -0.2) is 70.4 Å².